The van der Waals surface area contributed by atoms with Gasteiger partial charge in [0.15, 0.2) is 11.5 Å². The lowest BCUT2D eigenvalue weighted by molar-refractivity contribution is -0.179. The van der Waals surface area contributed by atoms with Crippen LogP contribution < -0.4 is 9.47 Å². The number of fused-ring (bicyclic) bond motifs is 1. The lowest BCUT2D eigenvalue weighted by Gasteiger charge is -2.37. The fourth-order valence-electron chi connectivity index (χ4n) is 3.99. The van der Waals surface area contributed by atoms with Crippen molar-refractivity contribution in [3.63, 3.8) is 0 Å². The number of ether oxygens (including phenoxy) is 4. The first-order valence-corrected chi connectivity index (χ1v) is 11.2. The van der Waals surface area contributed by atoms with Crippen molar-refractivity contribution in [3.05, 3.63) is 59.4 Å². The maximum absolute atomic E-state index is 13.5. The number of halogens is 1. The van der Waals surface area contributed by atoms with E-state index in [0.717, 1.165) is 16.9 Å². The van der Waals surface area contributed by atoms with Crippen molar-refractivity contribution in [2.45, 2.75) is 51.4 Å². The van der Waals surface area contributed by atoms with E-state index in [1.165, 1.54) is 12.1 Å². The van der Waals surface area contributed by atoms with Crippen LogP contribution in [0.15, 0.2) is 42.5 Å². The Morgan fingerprint density at radius 2 is 1.82 bits per heavy atom. The minimum Gasteiger partial charge on any atom is -0.486 e. The molecule has 2 aliphatic heterocycles. The van der Waals surface area contributed by atoms with E-state index >= 15 is 0 Å². The maximum atomic E-state index is 13.5. The molecule has 178 valence electrons. The van der Waals surface area contributed by atoms with Crippen molar-refractivity contribution < 1.29 is 33.0 Å². The highest BCUT2D eigenvalue weighted by Crippen LogP contribution is 2.34. The molecule has 2 unspecified atom stereocenters. The molecule has 1 fully saturated rings. The van der Waals surface area contributed by atoms with Crippen LogP contribution in [0.3, 0.4) is 0 Å². The quantitative estimate of drug-likeness (QED) is 0.593. The fourth-order valence-corrected chi connectivity index (χ4v) is 3.99. The van der Waals surface area contributed by atoms with Crippen LogP contribution in [0.25, 0.3) is 0 Å². The molecule has 7 nitrogen and oxygen atoms in total. The van der Waals surface area contributed by atoms with Crippen LogP contribution in [-0.2, 0) is 20.9 Å². The van der Waals surface area contributed by atoms with Gasteiger partial charge in [0.2, 0.25) is 0 Å². The number of hydrogen-bond acceptors (Lipinski definition) is 7. The first-order valence-electron chi connectivity index (χ1n) is 11.2. The van der Waals surface area contributed by atoms with Crippen LogP contribution in [0, 0.1) is 5.82 Å². The topological polar surface area (TPSA) is 66.5 Å². The molecule has 2 aromatic carbocycles. The summed E-state index contributed by atoms with van der Waals surface area (Å²) in [6.45, 7) is 7.65. The summed E-state index contributed by atoms with van der Waals surface area (Å²) in [6.07, 6.45) is -0.339. The number of rotatable bonds is 5. The van der Waals surface area contributed by atoms with Crippen LogP contribution in [0.4, 0.5) is 9.18 Å². The van der Waals surface area contributed by atoms with E-state index in [4.69, 9.17) is 23.8 Å². The summed E-state index contributed by atoms with van der Waals surface area (Å²) >= 11 is 0. The normalized spacial score (nSPS) is 20.8. The number of benzene rings is 2. The average Bonchev–Trinajstić information content (AvgIpc) is 2.77. The molecule has 2 atom stereocenters. The van der Waals surface area contributed by atoms with Crippen molar-refractivity contribution in [2.24, 2.45) is 0 Å². The molecule has 2 aliphatic rings. The summed E-state index contributed by atoms with van der Waals surface area (Å²) < 4.78 is 36.3. The lowest BCUT2D eigenvalue weighted by Crippen LogP contribution is -2.45. The summed E-state index contributed by atoms with van der Waals surface area (Å²) in [4.78, 5) is 17.6. The van der Waals surface area contributed by atoms with Gasteiger partial charge in [-0.2, -0.15) is 0 Å². The minimum absolute atomic E-state index is 0.0290. The zero-order chi connectivity index (χ0) is 23.4. The number of carbonyl (C=O) groups excluding carboxylic acids is 1. The predicted molar refractivity (Wildman–Crippen MR) is 119 cm³/mol. The molecule has 2 aromatic rings. The summed E-state index contributed by atoms with van der Waals surface area (Å²) in [6, 6.07) is 12.2. The molecule has 4 rings (SSSR count). The smallest absolute Gasteiger partial charge is 0.486 e. The van der Waals surface area contributed by atoms with E-state index < -0.39 is 11.8 Å². The van der Waals surface area contributed by atoms with Crippen LogP contribution in [-0.4, -0.2) is 49.2 Å². The highest BCUT2D eigenvalue weighted by Gasteiger charge is 2.34. The van der Waals surface area contributed by atoms with Gasteiger partial charge in [-0.1, -0.05) is 18.2 Å². The molecule has 2 heterocycles. The van der Waals surface area contributed by atoms with Crippen molar-refractivity contribution >= 4 is 6.16 Å². The maximum Gasteiger partial charge on any atom is 0.528 e. The third kappa shape index (κ3) is 6.36. The molecule has 0 bridgehead atoms. The van der Waals surface area contributed by atoms with E-state index in [0.29, 0.717) is 45.1 Å². The zero-order valence-corrected chi connectivity index (χ0v) is 19.2. The molecular weight excluding hydrogens is 429 g/mol. The summed E-state index contributed by atoms with van der Waals surface area (Å²) in [5, 5.41) is 1.57. The molecular formula is C25H30FNO6. The summed E-state index contributed by atoms with van der Waals surface area (Å²) in [5.74, 6) is 1.18. The van der Waals surface area contributed by atoms with E-state index in [9.17, 15) is 9.18 Å². The van der Waals surface area contributed by atoms with Crippen LogP contribution in [0.2, 0.25) is 0 Å². The Morgan fingerprint density at radius 3 is 2.55 bits per heavy atom. The van der Waals surface area contributed by atoms with Gasteiger partial charge in [0.1, 0.15) is 24.6 Å². The van der Waals surface area contributed by atoms with Gasteiger partial charge in [0.25, 0.3) is 0 Å². The van der Waals surface area contributed by atoms with Gasteiger partial charge in [-0.3, -0.25) is 0 Å². The van der Waals surface area contributed by atoms with Crippen molar-refractivity contribution in [3.8, 4) is 11.5 Å². The van der Waals surface area contributed by atoms with Gasteiger partial charge in [-0.05, 0) is 62.6 Å². The Bertz CT molecular complexity index is 958. The molecule has 33 heavy (non-hydrogen) atoms. The lowest BCUT2D eigenvalue weighted by atomic mass is 9.87. The minimum atomic E-state index is -0.742. The first kappa shape index (κ1) is 23.3. The van der Waals surface area contributed by atoms with E-state index in [1.807, 2.05) is 18.2 Å². The van der Waals surface area contributed by atoms with E-state index in [-0.39, 0.29) is 17.8 Å². The van der Waals surface area contributed by atoms with E-state index in [1.54, 1.807) is 38.0 Å². The van der Waals surface area contributed by atoms with Crippen LogP contribution >= 0.6 is 0 Å². The van der Waals surface area contributed by atoms with Crippen LogP contribution in [0.5, 0.6) is 11.5 Å². The Labute approximate surface area is 193 Å². The Balaban J connectivity index is 1.45. The Morgan fingerprint density at radius 1 is 1.09 bits per heavy atom. The molecule has 0 amide bonds. The largest absolute Gasteiger partial charge is 0.528 e. The number of hydroxylamine groups is 2. The standard InChI is InChI=1S/C25H30FNO6/c1-25(2,3)32-24(28)33-27-11-10-20(18-5-7-19(26)8-6-18)23(15-27)31-16-17-4-9-21-22(14-17)30-13-12-29-21/h4-9,14,20,23H,10-13,15-16H2,1-3H3. The van der Waals surface area contributed by atoms with Crippen molar-refractivity contribution in [1.82, 2.24) is 5.06 Å². The predicted octanol–water partition coefficient (Wildman–Crippen LogP) is 4.84. The average molecular weight is 460 g/mol. The second kappa shape index (κ2) is 9.97. The number of hydrogen-bond donors (Lipinski definition) is 0. The van der Waals surface area contributed by atoms with Crippen molar-refractivity contribution in [2.75, 3.05) is 26.3 Å². The first-order chi connectivity index (χ1) is 15.8. The molecule has 1 saturated heterocycles. The van der Waals surface area contributed by atoms with Gasteiger partial charge >= 0.3 is 6.16 Å². The molecule has 0 aromatic heterocycles. The molecule has 0 aliphatic carbocycles. The van der Waals surface area contributed by atoms with Crippen molar-refractivity contribution in [1.29, 1.82) is 0 Å². The zero-order valence-electron chi connectivity index (χ0n) is 19.2. The van der Waals surface area contributed by atoms with Gasteiger partial charge in [-0.15, -0.1) is 5.06 Å². The number of carbonyl (C=O) groups is 1. The Hall–Kier alpha value is -2.84. The van der Waals surface area contributed by atoms with Crippen LogP contribution in [0.1, 0.15) is 44.2 Å². The number of piperidine rings is 1. The third-order valence-corrected chi connectivity index (χ3v) is 5.48. The fraction of sp³-hybridized carbons (Fsp3) is 0.480. The molecule has 0 saturated carbocycles. The van der Waals surface area contributed by atoms with Gasteiger partial charge in [0.05, 0.1) is 19.3 Å². The highest BCUT2D eigenvalue weighted by atomic mass is 19.1. The third-order valence-electron chi connectivity index (χ3n) is 5.48. The summed E-state index contributed by atoms with van der Waals surface area (Å²) in [7, 11) is 0. The second-order valence-electron chi connectivity index (χ2n) is 9.22. The number of nitrogens with zero attached hydrogens (tertiary/aromatic N) is 1. The van der Waals surface area contributed by atoms with E-state index in [2.05, 4.69) is 0 Å². The molecule has 8 heteroatoms. The van der Waals surface area contributed by atoms with Gasteiger partial charge in [-0.25, -0.2) is 9.18 Å². The monoisotopic (exact) mass is 459 g/mol. The van der Waals surface area contributed by atoms with Gasteiger partial charge in [0, 0.05) is 12.5 Å². The summed E-state index contributed by atoms with van der Waals surface area (Å²) in [5.41, 5.74) is 1.29. The highest BCUT2D eigenvalue weighted by molar-refractivity contribution is 5.60. The molecule has 0 radical (unpaired) electrons. The molecule has 0 spiro atoms. The van der Waals surface area contributed by atoms with Gasteiger partial charge < -0.3 is 23.8 Å². The molecule has 0 N–H and O–H groups in total. The Kier molecular flexibility index (Phi) is 7.05. The second-order valence-corrected chi connectivity index (χ2v) is 9.22. The SMILES string of the molecule is CC(C)(C)OC(=O)ON1CCC(c2ccc(F)cc2)C(OCc2ccc3c(c2)OCCO3)C1.